The summed E-state index contributed by atoms with van der Waals surface area (Å²) in [6.45, 7) is 24.5. The molecule has 0 saturated carbocycles. The van der Waals surface area contributed by atoms with Crippen molar-refractivity contribution in [3.63, 3.8) is 0 Å². The molecule has 174 valence electrons. The topological polar surface area (TPSA) is 35.5 Å². The fourth-order valence-corrected chi connectivity index (χ4v) is 5.03. The summed E-state index contributed by atoms with van der Waals surface area (Å²) in [5.41, 5.74) is 1.81. The molecule has 1 aromatic carbocycles. The maximum atomic E-state index is 11.0. The first-order chi connectivity index (χ1) is 14.0. The van der Waals surface area contributed by atoms with E-state index in [-0.39, 0.29) is 22.3 Å². The molecule has 0 saturated heterocycles. The zero-order chi connectivity index (χ0) is 24.1. The van der Waals surface area contributed by atoms with Gasteiger partial charge in [0.05, 0.1) is 12.2 Å². The van der Waals surface area contributed by atoms with Crippen molar-refractivity contribution in [2.45, 2.75) is 96.9 Å². The minimum absolute atomic E-state index is 0.0753. The van der Waals surface area contributed by atoms with Gasteiger partial charge in [0, 0.05) is 0 Å². The van der Waals surface area contributed by atoms with E-state index in [1.165, 1.54) is 0 Å². The molecule has 31 heavy (non-hydrogen) atoms. The van der Waals surface area contributed by atoms with Crippen LogP contribution in [-0.4, -0.2) is 29.0 Å². The molecule has 0 aromatic heterocycles. The smallest absolute Gasteiger partial charge is 0.193 e. The van der Waals surface area contributed by atoms with Gasteiger partial charge in [-0.15, -0.1) is 0 Å². The standard InChI is InChI=1S/C26H44O3Si2/c1-21(20-27)16-15-19-23(28-30(8,9)25(2,3)4)24(22-17-13-12-14-18-22)29-31(10,11)26(5,6)7/h12-20,23-24H,1-11H3/b19-15+,21-16+. The molecule has 0 aliphatic rings. The molecule has 0 radical (unpaired) electrons. The van der Waals surface area contributed by atoms with E-state index in [1.54, 1.807) is 0 Å². The van der Waals surface area contributed by atoms with Crippen molar-refractivity contribution >= 4 is 22.9 Å². The Labute approximate surface area is 193 Å². The van der Waals surface area contributed by atoms with Crippen molar-refractivity contribution in [1.82, 2.24) is 0 Å². The van der Waals surface area contributed by atoms with Gasteiger partial charge in [0.1, 0.15) is 6.29 Å². The van der Waals surface area contributed by atoms with Crippen LogP contribution >= 0.6 is 0 Å². The largest absolute Gasteiger partial charge is 0.408 e. The average molecular weight is 461 g/mol. The first kappa shape index (κ1) is 27.8. The molecule has 0 spiro atoms. The number of hydrogen-bond acceptors (Lipinski definition) is 3. The lowest BCUT2D eigenvalue weighted by Crippen LogP contribution is -2.48. The van der Waals surface area contributed by atoms with Crippen LogP contribution in [0, 0.1) is 0 Å². The van der Waals surface area contributed by atoms with Gasteiger partial charge in [-0.05, 0) is 54.3 Å². The Balaban J connectivity index is 3.53. The maximum Gasteiger partial charge on any atom is 0.193 e. The summed E-state index contributed by atoms with van der Waals surface area (Å²) in [5.74, 6) is 0. The average Bonchev–Trinajstić information content (AvgIpc) is 2.64. The van der Waals surface area contributed by atoms with Crippen LogP contribution < -0.4 is 0 Å². The number of carbonyl (C=O) groups excluding carboxylic acids is 1. The number of aldehydes is 1. The molecule has 3 nitrogen and oxygen atoms in total. The highest BCUT2D eigenvalue weighted by molar-refractivity contribution is 6.74. The molecule has 1 rings (SSSR count). The highest BCUT2D eigenvalue weighted by atomic mass is 28.4. The Morgan fingerprint density at radius 2 is 1.35 bits per heavy atom. The number of rotatable bonds is 9. The molecular weight excluding hydrogens is 416 g/mol. The summed E-state index contributed by atoms with van der Waals surface area (Å²) in [7, 11) is -4.15. The lowest BCUT2D eigenvalue weighted by Gasteiger charge is -2.44. The quantitative estimate of drug-likeness (QED) is 0.163. The molecule has 0 aliphatic carbocycles. The summed E-state index contributed by atoms with van der Waals surface area (Å²) in [6.07, 6.45) is 6.26. The van der Waals surface area contributed by atoms with E-state index in [0.29, 0.717) is 5.57 Å². The van der Waals surface area contributed by atoms with Gasteiger partial charge in [-0.1, -0.05) is 90.1 Å². The van der Waals surface area contributed by atoms with Gasteiger partial charge >= 0.3 is 0 Å². The predicted octanol–water partition coefficient (Wildman–Crippen LogP) is 7.84. The van der Waals surface area contributed by atoms with Crippen molar-refractivity contribution in [3.05, 3.63) is 59.7 Å². The molecule has 0 N–H and O–H groups in total. The molecule has 5 heteroatoms. The van der Waals surface area contributed by atoms with Crippen molar-refractivity contribution in [3.8, 4) is 0 Å². The first-order valence-electron chi connectivity index (χ1n) is 11.2. The van der Waals surface area contributed by atoms with Crippen molar-refractivity contribution in [2.75, 3.05) is 0 Å². The minimum Gasteiger partial charge on any atom is -0.408 e. The number of allylic oxidation sites excluding steroid dienone is 3. The van der Waals surface area contributed by atoms with Crippen LogP contribution in [0.1, 0.15) is 60.1 Å². The fourth-order valence-electron chi connectivity index (χ4n) is 2.54. The van der Waals surface area contributed by atoms with Crippen LogP contribution in [0.2, 0.25) is 36.3 Å². The highest BCUT2D eigenvalue weighted by Gasteiger charge is 2.44. The second-order valence-corrected chi connectivity index (χ2v) is 21.0. The van der Waals surface area contributed by atoms with E-state index in [1.807, 2.05) is 25.1 Å². The van der Waals surface area contributed by atoms with E-state index in [9.17, 15) is 4.79 Å². The Hall–Kier alpha value is -1.28. The van der Waals surface area contributed by atoms with Crippen LogP contribution in [0.25, 0.3) is 0 Å². The van der Waals surface area contributed by atoms with Crippen LogP contribution in [0.15, 0.2) is 54.1 Å². The molecule has 2 unspecified atom stereocenters. The number of hydrogen-bond donors (Lipinski definition) is 0. The maximum absolute atomic E-state index is 11.0. The Kier molecular flexibility index (Phi) is 9.46. The lowest BCUT2D eigenvalue weighted by atomic mass is 10.0. The lowest BCUT2D eigenvalue weighted by molar-refractivity contribution is -0.104. The predicted molar refractivity (Wildman–Crippen MR) is 138 cm³/mol. The van der Waals surface area contributed by atoms with Gasteiger partial charge in [0.25, 0.3) is 0 Å². The van der Waals surface area contributed by atoms with E-state index in [0.717, 1.165) is 11.8 Å². The van der Waals surface area contributed by atoms with E-state index >= 15 is 0 Å². The Morgan fingerprint density at radius 1 is 0.871 bits per heavy atom. The van der Waals surface area contributed by atoms with Crippen molar-refractivity contribution in [2.24, 2.45) is 0 Å². The van der Waals surface area contributed by atoms with Gasteiger partial charge in [0.2, 0.25) is 0 Å². The summed E-state index contributed by atoms with van der Waals surface area (Å²) < 4.78 is 13.9. The summed E-state index contributed by atoms with van der Waals surface area (Å²) in [5, 5.41) is 0.158. The van der Waals surface area contributed by atoms with Gasteiger partial charge < -0.3 is 8.85 Å². The molecule has 2 atom stereocenters. The Bertz CT molecular complexity index is 766. The van der Waals surface area contributed by atoms with Crippen LogP contribution in [-0.2, 0) is 13.6 Å². The van der Waals surface area contributed by atoms with Gasteiger partial charge in [-0.25, -0.2) is 0 Å². The zero-order valence-electron chi connectivity index (χ0n) is 21.6. The summed E-state index contributed by atoms with van der Waals surface area (Å²) in [4.78, 5) is 11.0. The minimum atomic E-state index is -2.08. The normalized spacial score (nSPS) is 16.4. The molecule has 1 aromatic rings. The molecule has 0 bridgehead atoms. The zero-order valence-corrected chi connectivity index (χ0v) is 23.6. The third-order valence-corrected chi connectivity index (χ3v) is 15.7. The van der Waals surface area contributed by atoms with E-state index < -0.39 is 16.6 Å². The second-order valence-electron chi connectivity index (χ2n) is 11.5. The van der Waals surface area contributed by atoms with E-state index in [4.69, 9.17) is 8.85 Å². The third kappa shape index (κ3) is 7.97. The number of benzene rings is 1. The molecule has 0 heterocycles. The molecule has 0 fully saturated rings. The highest BCUT2D eigenvalue weighted by Crippen LogP contribution is 2.43. The van der Waals surface area contributed by atoms with Gasteiger partial charge in [0.15, 0.2) is 16.6 Å². The van der Waals surface area contributed by atoms with Gasteiger partial charge in [-0.2, -0.15) is 0 Å². The molecule has 0 amide bonds. The number of carbonyl (C=O) groups is 1. The van der Waals surface area contributed by atoms with Crippen LogP contribution in [0.5, 0.6) is 0 Å². The van der Waals surface area contributed by atoms with Gasteiger partial charge in [-0.3, -0.25) is 4.79 Å². The molecule has 0 aliphatic heterocycles. The van der Waals surface area contributed by atoms with E-state index in [2.05, 4.69) is 98.1 Å². The Morgan fingerprint density at radius 3 is 1.81 bits per heavy atom. The third-order valence-electron chi connectivity index (χ3n) is 6.74. The molecular formula is C26H44O3Si2. The monoisotopic (exact) mass is 460 g/mol. The van der Waals surface area contributed by atoms with Crippen LogP contribution in [0.3, 0.4) is 0 Å². The van der Waals surface area contributed by atoms with Crippen LogP contribution in [0.4, 0.5) is 0 Å². The summed E-state index contributed by atoms with van der Waals surface area (Å²) >= 11 is 0. The fraction of sp³-hybridized carbons (Fsp3) is 0.577. The summed E-state index contributed by atoms with van der Waals surface area (Å²) in [6, 6.07) is 10.4. The second kappa shape index (κ2) is 10.6. The first-order valence-corrected chi connectivity index (χ1v) is 17.0. The van der Waals surface area contributed by atoms with Crippen molar-refractivity contribution in [1.29, 1.82) is 0 Å². The SMILES string of the molecule is C/C(C=O)=C\C=C\C(O[Si](C)(C)C(C)(C)C)C(O[Si](C)(C)C(C)(C)C)c1ccccc1. The van der Waals surface area contributed by atoms with Crippen molar-refractivity contribution < 1.29 is 13.6 Å².